The van der Waals surface area contributed by atoms with E-state index in [9.17, 15) is 0 Å². The Kier molecular flexibility index (Phi) is 4.29. The fourth-order valence-corrected chi connectivity index (χ4v) is 4.33. The van der Waals surface area contributed by atoms with E-state index >= 15 is 0 Å². The summed E-state index contributed by atoms with van der Waals surface area (Å²) in [4.78, 5) is 4.66. The summed E-state index contributed by atoms with van der Waals surface area (Å²) in [7, 11) is 0. The van der Waals surface area contributed by atoms with E-state index in [1.54, 1.807) is 0 Å². The largest absolute Gasteiger partial charge is 0.441 e. The molecule has 1 unspecified atom stereocenters. The molecular formula is C15H10Br3NO. The van der Waals surface area contributed by atoms with Crippen molar-refractivity contribution in [3.8, 4) is 0 Å². The summed E-state index contributed by atoms with van der Waals surface area (Å²) in [5, 5.41) is 0. The van der Waals surface area contributed by atoms with Crippen molar-refractivity contribution in [1.82, 2.24) is 4.98 Å². The van der Waals surface area contributed by atoms with Crippen LogP contribution in [0.1, 0.15) is 16.3 Å². The van der Waals surface area contributed by atoms with Gasteiger partial charge in [0.15, 0.2) is 11.5 Å². The molecule has 0 saturated carbocycles. The van der Waals surface area contributed by atoms with Crippen molar-refractivity contribution in [2.75, 3.05) is 0 Å². The van der Waals surface area contributed by atoms with Crippen LogP contribution in [0.15, 0.2) is 55.8 Å². The van der Waals surface area contributed by atoms with Crippen molar-refractivity contribution in [2.45, 2.75) is 11.2 Å². The van der Waals surface area contributed by atoms with E-state index in [1.807, 2.05) is 36.4 Å². The van der Waals surface area contributed by atoms with Gasteiger partial charge in [-0.15, -0.1) is 0 Å². The van der Waals surface area contributed by atoms with Crippen molar-refractivity contribution < 1.29 is 4.42 Å². The van der Waals surface area contributed by atoms with Crippen LogP contribution in [0.5, 0.6) is 0 Å². The molecule has 1 aromatic heterocycles. The molecule has 0 spiro atoms. The van der Waals surface area contributed by atoms with Crippen LogP contribution < -0.4 is 0 Å². The van der Waals surface area contributed by atoms with Crippen LogP contribution in [0.25, 0.3) is 11.1 Å². The number of hydrogen-bond donors (Lipinski definition) is 0. The van der Waals surface area contributed by atoms with Crippen LogP contribution in [-0.4, -0.2) is 4.98 Å². The van der Waals surface area contributed by atoms with Gasteiger partial charge in [-0.05, 0) is 29.8 Å². The maximum atomic E-state index is 5.76. The van der Waals surface area contributed by atoms with Crippen LogP contribution in [0.3, 0.4) is 0 Å². The third kappa shape index (κ3) is 3.00. The first kappa shape index (κ1) is 14.3. The Bertz CT molecular complexity index is 721. The Morgan fingerprint density at radius 2 is 1.90 bits per heavy atom. The number of fused-ring (bicyclic) bond motifs is 1. The average Bonchev–Trinajstić information content (AvgIpc) is 2.80. The van der Waals surface area contributed by atoms with Gasteiger partial charge in [-0.25, -0.2) is 4.98 Å². The quantitative estimate of drug-likeness (QED) is 0.447. The highest BCUT2D eigenvalue weighted by atomic mass is 79.9. The Hall–Kier alpha value is -0.650. The topological polar surface area (TPSA) is 26.0 Å². The lowest BCUT2D eigenvalue weighted by atomic mass is 10.1. The summed E-state index contributed by atoms with van der Waals surface area (Å²) in [5.41, 5.74) is 2.91. The maximum absolute atomic E-state index is 5.76. The molecule has 0 radical (unpaired) electrons. The molecule has 102 valence electrons. The van der Waals surface area contributed by atoms with Gasteiger partial charge < -0.3 is 4.42 Å². The number of benzene rings is 2. The maximum Gasteiger partial charge on any atom is 0.196 e. The van der Waals surface area contributed by atoms with E-state index in [-0.39, 0.29) is 4.83 Å². The minimum atomic E-state index is 0.151. The van der Waals surface area contributed by atoms with E-state index in [0.29, 0.717) is 6.42 Å². The van der Waals surface area contributed by atoms with E-state index in [0.717, 1.165) is 25.9 Å². The van der Waals surface area contributed by atoms with Gasteiger partial charge in [0, 0.05) is 20.2 Å². The third-order valence-corrected chi connectivity index (χ3v) is 4.99. The molecule has 0 aliphatic rings. The van der Waals surface area contributed by atoms with Gasteiger partial charge in [-0.2, -0.15) is 0 Å². The van der Waals surface area contributed by atoms with E-state index < -0.39 is 0 Å². The smallest absolute Gasteiger partial charge is 0.196 e. The Morgan fingerprint density at radius 1 is 1.10 bits per heavy atom. The van der Waals surface area contributed by atoms with Crippen molar-refractivity contribution in [3.63, 3.8) is 0 Å². The molecule has 1 heterocycles. The van der Waals surface area contributed by atoms with Gasteiger partial charge in [0.1, 0.15) is 5.52 Å². The van der Waals surface area contributed by atoms with Gasteiger partial charge in [-0.3, -0.25) is 0 Å². The van der Waals surface area contributed by atoms with Gasteiger partial charge in [0.05, 0.1) is 0 Å². The average molecular weight is 460 g/mol. The fraction of sp³-hybridized carbons (Fsp3) is 0.133. The molecular weight excluding hydrogens is 450 g/mol. The summed E-state index contributed by atoms with van der Waals surface area (Å²) in [5.74, 6) is 0.739. The molecule has 0 aliphatic carbocycles. The summed E-state index contributed by atoms with van der Waals surface area (Å²) in [6, 6.07) is 14.0. The Morgan fingerprint density at radius 3 is 2.65 bits per heavy atom. The monoisotopic (exact) mass is 457 g/mol. The number of hydrogen-bond acceptors (Lipinski definition) is 2. The highest BCUT2D eigenvalue weighted by Crippen LogP contribution is 2.34. The zero-order valence-corrected chi connectivity index (χ0v) is 15.1. The normalized spacial score (nSPS) is 12.8. The standard InChI is InChI=1S/C15H10Br3NO/c16-9-5-6-10(11(17)7-9)12(18)8-15-19-13-3-1-2-4-14(13)20-15/h1-7,12H,8H2. The SMILES string of the molecule is Brc1ccc(C(Br)Cc2nc3ccccc3o2)c(Br)c1. The van der Waals surface area contributed by atoms with Gasteiger partial charge in [-0.1, -0.05) is 66.0 Å². The van der Waals surface area contributed by atoms with E-state index in [4.69, 9.17) is 4.42 Å². The Labute approximate surface area is 142 Å². The first-order chi connectivity index (χ1) is 9.63. The summed E-state index contributed by atoms with van der Waals surface area (Å²) >= 11 is 10.8. The van der Waals surface area contributed by atoms with Gasteiger partial charge in [0.25, 0.3) is 0 Å². The molecule has 2 aromatic carbocycles. The fourth-order valence-electron chi connectivity index (χ4n) is 2.03. The predicted molar refractivity (Wildman–Crippen MR) is 91.2 cm³/mol. The number of nitrogens with zero attached hydrogens (tertiary/aromatic N) is 1. The molecule has 0 saturated heterocycles. The molecule has 2 nitrogen and oxygen atoms in total. The van der Waals surface area contributed by atoms with E-state index in [1.165, 1.54) is 5.56 Å². The highest BCUT2D eigenvalue weighted by Gasteiger charge is 2.15. The van der Waals surface area contributed by atoms with Crippen LogP contribution in [0, 0.1) is 0 Å². The summed E-state index contributed by atoms with van der Waals surface area (Å²) in [6.45, 7) is 0. The second-order valence-electron chi connectivity index (χ2n) is 4.41. The predicted octanol–water partition coefficient (Wildman–Crippen LogP) is 6.03. The molecule has 5 heteroatoms. The van der Waals surface area contributed by atoms with E-state index in [2.05, 4.69) is 58.8 Å². The lowest BCUT2D eigenvalue weighted by Crippen LogP contribution is -1.96. The number of oxazole rings is 1. The van der Waals surface area contributed by atoms with Gasteiger partial charge >= 0.3 is 0 Å². The van der Waals surface area contributed by atoms with Crippen LogP contribution in [0.4, 0.5) is 0 Å². The molecule has 0 N–H and O–H groups in total. The number of aromatic nitrogens is 1. The minimum Gasteiger partial charge on any atom is -0.441 e. The van der Waals surface area contributed by atoms with Crippen molar-refractivity contribution in [2.24, 2.45) is 0 Å². The first-order valence-corrected chi connectivity index (χ1v) is 8.57. The summed E-state index contributed by atoms with van der Waals surface area (Å²) < 4.78 is 7.87. The summed E-state index contributed by atoms with van der Waals surface area (Å²) in [6.07, 6.45) is 0.703. The highest BCUT2D eigenvalue weighted by molar-refractivity contribution is 9.11. The minimum absolute atomic E-state index is 0.151. The number of halogens is 3. The third-order valence-electron chi connectivity index (χ3n) is 2.99. The second kappa shape index (κ2) is 6.00. The van der Waals surface area contributed by atoms with Crippen molar-refractivity contribution in [3.05, 3.63) is 62.9 Å². The zero-order chi connectivity index (χ0) is 14.1. The van der Waals surface area contributed by atoms with Crippen LogP contribution in [-0.2, 0) is 6.42 Å². The van der Waals surface area contributed by atoms with Gasteiger partial charge in [0.2, 0.25) is 0 Å². The lowest BCUT2D eigenvalue weighted by Gasteiger charge is -2.10. The molecule has 20 heavy (non-hydrogen) atoms. The molecule has 3 aromatic rings. The molecule has 0 amide bonds. The van der Waals surface area contributed by atoms with Crippen LogP contribution in [0.2, 0.25) is 0 Å². The molecule has 0 aliphatic heterocycles. The molecule has 3 rings (SSSR count). The molecule has 0 bridgehead atoms. The molecule has 0 fully saturated rings. The second-order valence-corrected chi connectivity index (χ2v) is 7.29. The van der Waals surface area contributed by atoms with Crippen LogP contribution >= 0.6 is 47.8 Å². The number of rotatable bonds is 3. The lowest BCUT2D eigenvalue weighted by molar-refractivity contribution is 0.527. The number of para-hydroxylation sites is 2. The number of alkyl halides is 1. The van der Waals surface area contributed by atoms with Crippen molar-refractivity contribution in [1.29, 1.82) is 0 Å². The Balaban J connectivity index is 1.86. The first-order valence-electron chi connectivity index (χ1n) is 6.07. The zero-order valence-electron chi connectivity index (χ0n) is 10.3. The molecule has 1 atom stereocenters. The van der Waals surface area contributed by atoms with Crippen molar-refractivity contribution >= 4 is 58.9 Å².